The molecule has 1 fully saturated rings. The van der Waals surface area contributed by atoms with Gasteiger partial charge in [0.1, 0.15) is 0 Å². The molecule has 2 atom stereocenters. The van der Waals surface area contributed by atoms with E-state index in [-0.39, 0.29) is 17.6 Å². The maximum Gasteiger partial charge on any atom is 0.229 e. The average Bonchev–Trinajstić information content (AvgIpc) is 2.46. The van der Waals surface area contributed by atoms with Gasteiger partial charge in [-0.05, 0) is 51.3 Å². The number of rotatable bonds is 5. The van der Waals surface area contributed by atoms with E-state index in [1.807, 2.05) is 6.92 Å². The number of amides is 1. The molecule has 0 aromatic heterocycles. The quantitative estimate of drug-likeness (QED) is 0.853. The van der Waals surface area contributed by atoms with Gasteiger partial charge in [0.15, 0.2) is 9.84 Å². The molecule has 0 saturated heterocycles. The SMILES string of the molecule is CC(C)S(=O)(=O)Cc1cccc(NC(=O)C2CCCCC2(C)N)c1. The molecule has 0 aliphatic heterocycles. The maximum absolute atomic E-state index is 12.6. The second kappa shape index (κ2) is 7.23. The summed E-state index contributed by atoms with van der Waals surface area (Å²) in [6, 6.07) is 7.04. The van der Waals surface area contributed by atoms with Crippen molar-refractivity contribution in [3.05, 3.63) is 29.8 Å². The average molecular weight is 353 g/mol. The van der Waals surface area contributed by atoms with Gasteiger partial charge in [0, 0.05) is 11.2 Å². The number of hydrogen-bond donors (Lipinski definition) is 2. The minimum atomic E-state index is -3.17. The fourth-order valence-electron chi connectivity index (χ4n) is 3.16. The highest BCUT2D eigenvalue weighted by molar-refractivity contribution is 7.91. The van der Waals surface area contributed by atoms with Gasteiger partial charge in [0.2, 0.25) is 5.91 Å². The first-order valence-electron chi connectivity index (χ1n) is 8.52. The van der Waals surface area contributed by atoms with Gasteiger partial charge in [-0.1, -0.05) is 25.0 Å². The third-order valence-electron chi connectivity index (χ3n) is 4.85. The molecule has 0 spiro atoms. The van der Waals surface area contributed by atoms with Crippen LogP contribution in [0.2, 0.25) is 0 Å². The third-order valence-corrected chi connectivity index (χ3v) is 7.02. The summed E-state index contributed by atoms with van der Waals surface area (Å²) in [5.41, 5.74) is 7.10. The smallest absolute Gasteiger partial charge is 0.229 e. The summed E-state index contributed by atoms with van der Waals surface area (Å²) in [6.07, 6.45) is 3.70. The van der Waals surface area contributed by atoms with E-state index < -0.39 is 20.6 Å². The number of carbonyl (C=O) groups excluding carboxylic acids is 1. The number of anilines is 1. The predicted octanol–water partition coefficient (Wildman–Crippen LogP) is 2.86. The molecule has 5 nitrogen and oxygen atoms in total. The molecule has 0 radical (unpaired) electrons. The standard InChI is InChI=1S/C18H28N2O3S/c1-13(2)24(22,23)12-14-7-6-8-15(11-14)20-17(21)16-9-4-5-10-18(16,3)19/h6-8,11,13,16H,4-5,9-10,12,19H2,1-3H3,(H,20,21). The Balaban J connectivity index is 2.10. The number of nitrogens with two attached hydrogens (primary N) is 1. The van der Waals surface area contributed by atoms with Crippen LogP contribution in [0.4, 0.5) is 5.69 Å². The fraction of sp³-hybridized carbons (Fsp3) is 0.611. The lowest BCUT2D eigenvalue weighted by Crippen LogP contribution is -2.51. The third kappa shape index (κ3) is 4.57. The van der Waals surface area contributed by atoms with Crippen molar-refractivity contribution in [1.82, 2.24) is 0 Å². The van der Waals surface area contributed by atoms with E-state index in [2.05, 4.69) is 5.32 Å². The molecule has 24 heavy (non-hydrogen) atoms. The first-order valence-corrected chi connectivity index (χ1v) is 10.2. The summed E-state index contributed by atoms with van der Waals surface area (Å²) in [6.45, 7) is 5.28. The van der Waals surface area contributed by atoms with E-state index in [4.69, 9.17) is 5.73 Å². The molecular formula is C18H28N2O3S. The Morgan fingerprint density at radius 2 is 2.08 bits per heavy atom. The Hall–Kier alpha value is -1.40. The first kappa shape index (κ1) is 18.9. The zero-order valence-corrected chi connectivity index (χ0v) is 15.5. The zero-order valence-electron chi connectivity index (χ0n) is 14.7. The second-order valence-corrected chi connectivity index (χ2v) is 9.91. The number of carbonyl (C=O) groups is 1. The van der Waals surface area contributed by atoms with E-state index in [0.717, 1.165) is 25.7 Å². The molecule has 134 valence electrons. The Bertz CT molecular complexity index is 696. The van der Waals surface area contributed by atoms with Crippen molar-refractivity contribution in [2.75, 3.05) is 5.32 Å². The highest BCUT2D eigenvalue weighted by Gasteiger charge is 2.37. The molecule has 1 aliphatic rings. The van der Waals surface area contributed by atoms with Gasteiger partial charge in [0.05, 0.1) is 16.9 Å². The monoisotopic (exact) mass is 352 g/mol. The summed E-state index contributed by atoms with van der Waals surface area (Å²) in [7, 11) is -3.17. The molecular weight excluding hydrogens is 324 g/mol. The Labute approximate surface area is 144 Å². The number of sulfone groups is 1. The lowest BCUT2D eigenvalue weighted by atomic mass is 9.74. The maximum atomic E-state index is 12.6. The lowest BCUT2D eigenvalue weighted by molar-refractivity contribution is -0.122. The zero-order chi connectivity index (χ0) is 18.0. The molecule has 0 bridgehead atoms. The largest absolute Gasteiger partial charge is 0.326 e. The van der Waals surface area contributed by atoms with Crippen LogP contribution in [0.1, 0.15) is 52.0 Å². The van der Waals surface area contributed by atoms with Crippen molar-refractivity contribution < 1.29 is 13.2 Å². The van der Waals surface area contributed by atoms with Crippen LogP contribution in [0.3, 0.4) is 0 Å². The fourth-order valence-corrected chi connectivity index (χ4v) is 4.13. The molecule has 1 amide bonds. The van der Waals surface area contributed by atoms with Crippen LogP contribution < -0.4 is 11.1 Å². The Kier molecular flexibility index (Phi) is 5.71. The van der Waals surface area contributed by atoms with E-state index >= 15 is 0 Å². The molecule has 1 aliphatic carbocycles. The van der Waals surface area contributed by atoms with Crippen molar-refractivity contribution in [3.63, 3.8) is 0 Å². The van der Waals surface area contributed by atoms with Gasteiger partial charge in [-0.25, -0.2) is 8.42 Å². The van der Waals surface area contributed by atoms with Gasteiger partial charge in [-0.3, -0.25) is 4.79 Å². The van der Waals surface area contributed by atoms with Crippen molar-refractivity contribution in [2.45, 2.75) is 63.0 Å². The van der Waals surface area contributed by atoms with Gasteiger partial charge >= 0.3 is 0 Å². The van der Waals surface area contributed by atoms with E-state index in [1.54, 1.807) is 38.1 Å². The summed E-state index contributed by atoms with van der Waals surface area (Å²) in [4.78, 5) is 12.6. The summed E-state index contributed by atoms with van der Waals surface area (Å²) in [5.74, 6) is -0.315. The second-order valence-electron chi connectivity index (χ2n) is 7.35. The number of hydrogen-bond acceptors (Lipinski definition) is 4. The van der Waals surface area contributed by atoms with Crippen LogP contribution in [-0.4, -0.2) is 25.1 Å². The van der Waals surface area contributed by atoms with E-state index in [0.29, 0.717) is 11.3 Å². The van der Waals surface area contributed by atoms with Crippen LogP contribution in [0.15, 0.2) is 24.3 Å². The summed E-state index contributed by atoms with van der Waals surface area (Å²) >= 11 is 0. The molecule has 0 heterocycles. The van der Waals surface area contributed by atoms with Crippen LogP contribution in [-0.2, 0) is 20.4 Å². The van der Waals surface area contributed by atoms with Crippen LogP contribution in [0.5, 0.6) is 0 Å². The molecule has 3 N–H and O–H groups in total. The minimum absolute atomic E-state index is 0.0214. The van der Waals surface area contributed by atoms with Crippen molar-refractivity contribution in [3.8, 4) is 0 Å². The lowest BCUT2D eigenvalue weighted by Gasteiger charge is -2.37. The van der Waals surface area contributed by atoms with E-state index in [1.165, 1.54) is 0 Å². The van der Waals surface area contributed by atoms with Crippen molar-refractivity contribution in [1.29, 1.82) is 0 Å². The predicted molar refractivity (Wildman–Crippen MR) is 97.4 cm³/mol. The Morgan fingerprint density at radius 1 is 1.38 bits per heavy atom. The van der Waals surface area contributed by atoms with Gasteiger partial charge < -0.3 is 11.1 Å². The molecule has 1 aromatic carbocycles. The van der Waals surface area contributed by atoms with Gasteiger partial charge in [-0.15, -0.1) is 0 Å². The van der Waals surface area contributed by atoms with Crippen molar-refractivity contribution in [2.24, 2.45) is 11.7 Å². The van der Waals surface area contributed by atoms with Gasteiger partial charge in [0.25, 0.3) is 0 Å². The molecule has 1 aromatic rings. The van der Waals surface area contributed by atoms with Crippen LogP contribution in [0.25, 0.3) is 0 Å². The number of benzene rings is 1. The normalized spacial score (nSPS) is 24.8. The van der Waals surface area contributed by atoms with Crippen LogP contribution >= 0.6 is 0 Å². The van der Waals surface area contributed by atoms with Gasteiger partial charge in [-0.2, -0.15) is 0 Å². The Morgan fingerprint density at radius 3 is 2.71 bits per heavy atom. The molecule has 2 unspecified atom stereocenters. The van der Waals surface area contributed by atoms with E-state index in [9.17, 15) is 13.2 Å². The summed E-state index contributed by atoms with van der Waals surface area (Å²) in [5, 5.41) is 2.49. The minimum Gasteiger partial charge on any atom is -0.326 e. The highest BCUT2D eigenvalue weighted by atomic mass is 32.2. The summed E-state index contributed by atoms with van der Waals surface area (Å²) < 4.78 is 24.1. The first-order chi connectivity index (χ1) is 11.1. The number of nitrogens with one attached hydrogen (secondary N) is 1. The molecule has 6 heteroatoms. The topological polar surface area (TPSA) is 89.3 Å². The highest BCUT2D eigenvalue weighted by Crippen LogP contribution is 2.32. The van der Waals surface area contributed by atoms with Crippen molar-refractivity contribution >= 4 is 21.4 Å². The molecule has 2 rings (SSSR count). The van der Waals surface area contributed by atoms with Crippen LogP contribution in [0, 0.1) is 5.92 Å². The molecule has 1 saturated carbocycles.